The van der Waals surface area contributed by atoms with E-state index in [9.17, 15) is 18.0 Å². The Morgan fingerprint density at radius 1 is 1.15 bits per heavy atom. The zero-order valence-corrected chi connectivity index (χ0v) is 17.6. The SMILES string of the molecule is Cn1ncc2cc(C(=O)NC3(c4ccc(C(F)(F)F)cc4)CCOc4cccnc43)ccc21. The second-order valence-electron chi connectivity index (χ2n) is 7.92. The quantitative estimate of drug-likeness (QED) is 0.499. The van der Waals surface area contributed by atoms with E-state index in [0.717, 1.165) is 23.0 Å². The average molecular weight is 452 g/mol. The van der Waals surface area contributed by atoms with Crippen molar-refractivity contribution in [2.75, 3.05) is 6.61 Å². The summed E-state index contributed by atoms with van der Waals surface area (Å²) in [5, 5.41) is 8.06. The predicted molar refractivity (Wildman–Crippen MR) is 115 cm³/mol. The monoisotopic (exact) mass is 452 g/mol. The Kier molecular flexibility index (Phi) is 4.84. The molecule has 1 aliphatic rings. The van der Waals surface area contributed by atoms with Gasteiger partial charge in [-0.2, -0.15) is 18.3 Å². The number of amides is 1. The average Bonchev–Trinajstić information content (AvgIpc) is 3.19. The van der Waals surface area contributed by atoms with Crippen molar-refractivity contribution in [2.45, 2.75) is 18.1 Å². The zero-order valence-electron chi connectivity index (χ0n) is 17.6. The summed E-state index contributed by atoms with van der Waals surface area (Å²) < 4.78 is 46.9. The Morgan fingerprint density at radius 2 is 1.94 bits per heavy atom. The van der Waals surface area contributed by atoms with Gasteiger partial charge in [0, 0.05) is 30.6 Å². The molecule has 0 spiro atoms. The minimum atomic E-state index is -4.46. The van der Waals surface area contributed by atoms with Gasteiger partial charge in [0.05, 0.1) is 23.9 Å². The molecule has 0 aliphatic carbocycles. The molecule has 0 saturated heterocycles. The van der Waals surface area contributed by atoms with Gasteiger partial charge >= 0.3 is 6.18 Å². The largest absolute Gasteiger partial charge is 0.491 e. The van der Waals surface area contributed by atoms with Crippen LogP contribution in [-0.4, -0.2) is 27.3 Å². The highest BCUT2D eigenvalue weighted by atomic mass is 19.4. The number of alkyl halides is 3. The molecule has 33 heavy (non-hydrogen) atoms. The summed E-state index contributed by atoms with van der Waals surface area (Å²) in [6.07, 6.45) is -0.910. The van der Waals surface area contributed by atoms with E-state index in [1.807, 2.05) is 7.05 Å². The normalized spacial score (nSPS) is 17.9. The van der Waals surface area contributed by atoms with Crippen molar-refractivity contribution in [1.82, 2.24) is 20.1 Å². The first-order chi connectivity index (χ1) is 15.8. The summed E-state index contributed by atoms with van der Waals surface area (Å²) in [7, 11) is 1.81. The van der Waals surface area contributed by atoms with E-state index in [4.69, 9.17) is 4.74 Å². The molecule has 6 nitrogen and oxygen atoms in total. The number of ether oxygens (including phenoxy) is 1. The van der Waals surface area contributed by atoms with Crippen LogP contribution in [0.2, 0.25) is 0 Å². The zero-order chi connectivity index (χ0) is 23.2. The molecule has 2 aromatic carbocycles. The summed E-state index contributed by atoms with van der Waals surface area (Å²) in [5.74, 6) is 0.103. The number of fused-ring (bicyclic) bond motifs is 2. The van der Waals surface area contributed by atoms with Gasteiger partial charge in [-0.15, -0.1) is 0 Å². The van der Waals surface area contributed by atoms with Crippen LogP contribution in [0.5, 0.6) is 5.75 Å². The van der Waals surface area contributed by atoms with Crippen LogP contribution in [0.1, 0.15) is 33.6 Å². The van der Waals surface area contributed by atoms with Gasteiger partial charge in [-0.05, 0) is 48.0 Å². The maximum Gasteiger partial charge on any atom is 0.416 e. The molecule has 2 aromatic heterocycles. The number of nitrogens with zero attached hydrogens (tertiary/aromatic N) is 3. The van der Waals surface area contributed by atoms with Gasteiger partial charge in [0.15, 0.2) is 0 Å². The Labute approximate surface area is 187 Å². The van der Waals surface area contributed by atoms with E-state index >= 15 is 0 Å². The van der Waals surface area contributed by atoms with Crippen LogP contribution in [0.15, 0.2) is 67.0 Å². The Bertz CT molecular complexity index is 1350. The minimum Gasteiger partial charge on any atom is -0.491 e. The van der Waals surface area contributed by atoms with Gasteiger partial charge in [-0.25, -0.2) is 0 Å². The highest BCUT2D eigenvalue weighted by molar-refractivity contribution is 5.98. The van der Waals surface area contributed by atoms with Crippen LogP contribution in [0.3, 0.4) is 0 Å². The summed E-state index contributed by atoms with van der Waals surface area (Å²) in [5.41, 5.74) is 0.317. The molecule has 4 aromatic rings. The lowest BCUT2D eigenvalue weighted by Crippen LogP contribution is -2.50. The van der Waals surface area contributed by atoms with Crippen molar-refractivity contribution in [2.24, 2.45) is 7.05 Å². The maximum absolute atomic E-state index is 13.4. The summed E-state index contributed by atoms with van der Waals surface area (Å²) in [4.78, 5) is 17.8. The van der Waals surface area contributed by atoms with Crippen LogP contribution in [0.25, 0.3) is 10.9 Å². The standard InChI is InChI=1S/C24H19F3N4O2/c1-31-19-9-4-15(13-16(19)14-29-31)22(32)30-23(10-12-33-20-3-2-11-28-21(20)23)17-5-7-18(8-6-17)24(25,26)27/h2-9,11,13-14H,10,12H2,1H3,(H,30,32). The number of aromatic nitrogens is 3. The van der Waals surface area contributed by atoms with Gasteiger partial charge in [-0.1, -0.05) is 12.1 Å². The Morgan fingerprint density at radius 3 is 2.70 bits per heavy atom. The number of hydrogen-bond donors (Lipinski definition) is 1. The van der Waals surface area contributed by atoms with Gasteiger partial charge in [-0.3, -0.25) is 14.5 Å². The summed E-state index contributed by atoms with van der Waals surface area (Å²) >= 11 is 0. The number of aryl methyl sites for hydroxylation is 1. The van der Waals surface area contributed by atoms with E-state index in [2.05, 4.69) is 15.4 Å². The van der Waals surface area contributed by atoms with Crippen LogP contribution in [0, 0.1) is 0 Å². The van der Waals surface area contributed by atoms with Crippen molar-refractivity contribution >= 4 is 16.8 Å². The van der Waals surface area contributed by atoms with Crippen molar-refractivity contribution < 1.29 is 22.7 Å². The van der Waals surface area contributed by atoms with Crippen molar-refractivity contribution in [3.63, 3.8) is 0 Å². The van der Waals surface area contributed by atoms with Gasteiger partial charge in [0.25, 0.3) is 5.91 Å². The number of carbonyl (C=O) groups excluding carboxylic acids is 1. The summed E-state index contributed by atoms with van der Waals surface area (Å²) in [6, 6.07) is 13.5. The van der Waals surface area contributed by atoms with E-state index in [1.165, 1.54) is 12.1 Å². The fourth-order valence-electron chi connectivity index (χ4n) is 4.25. The fourth-order valence-corrected chi connectivity index (χ4v) is 4.25. The fraction of sp³-hybridized carbons (Fsp3) is 0.208. The molecule has 1 N–H and O–H groups in total. The number of nitrogens with one attached hydrogen (secondary N) is 1. The van der Waals surface area contributed by atoms with Crippen LogP contribution >= 0.6 is 0 Å². The molecule has 1 unspecified atom stereocenters. The molecule has 1 amide bonds. The molecule has 0 fully saturated rings. The van der Waals surface area contributed by atoms with E-state index in [-0.39, 0.29) is 12.5 Å². The predicted octanol–water partition coefficient (Wildman–Crippen LogP) is 4.44. The Balaban J connectivity index is 1.59. The molecule has 1 atom stereocenters. The molecule has 0 bridgehead atoms. The van der Waals surface area contributed by atoms with Crippen LogP contribution in [0.4, 0.5) is 13.2 Å². The van der Waals surface area contributed by atoms with Gasteiger partial charge in [0.1, 0.15) is 17.0 Å². The smallest absolute Gasteiger partial charge is 0.416 e. The number of pyridine rings is 1. The molecule has 3 heterocycles. The molecule has 0 radical (unpaired) electrons. The molecule has 9 heteroatoms. The first kappa shape index (κ1) is 21.0. The minimum absolute atomic E-state index is 0.266. The third-order valence-corrected chi connectivity index (χ3v) is 5.95. The molecule has 0 saturated carbocycles. The highest BCUT2D eigenvalue weighted by Crippen LogP contribution is 2.41. The topological polar surface area (TPSA) is 69.0 Å². The van der Waals surface area contributed by atoms with Crippen LogP contribution < -0.4 is 10.1 Å². The van der Waals surface area contributed by atoms with Crippen molar-refractivity contribution in [3.8, 4) is 5.75 Å². The van der Waals surface area contributed by atoms with E-state index < -0.39 is 17.3 Å². The molecular formula is C24H19F3N4O2. The lowest BCUT2D eigenvalue weighted by Gasteiger charge is -2.39. The van der Waals surface area contributed by atoms with E-state index in [0.29, 0.717) is 29.0 Å². The van der Waals surface area contributed by atoms with Gasteiger partial charge in [0.2, 0.25) is 0 Å². The number of hydrogen-bond acceptors (Lipinski definition) is 4. The number of rotatable bonds is 3. The Hall–Kier alpha value is -3.88. The third-order valence-electron chi connectivity index (χ3n) is 5.95. The molecule has 5 rings (SSSR count). The highest BCUT2D eigenvalue weighted by Gasteiger charge is 2.43. The summed E-state index contributed by atoms with van der Waals surface area (Å²) in [6.45, 7) is 0.266. The van der Waals surface area contributed by atoms with E-state index in [1.54, 1.807) is 47.4 Å². The molecule has 168 valence electrons. The third kappa shape index (κ3) is 3.59. The number of halogens is 3. The van der Waals surface area contributed by atoms with Crippen molar-refractivity contribution in [1.29, 1.82) is 0 Å². The molecule has 1 aliphatic heterocycles. The number of carbonyl (C=O) groups is 1. The molecular weight excluding hydrogens is 433 g/mol. The van der Waals surface area contributed by atoms with Gasteiger partial charge < -0.3 is 10.1 Å². The maximum atomic E-state index is 13.4. The number of benzene rings is 2. The first-order valence-corrected chi connectivity index (χ1v) is 10.3. The second kappa shape index (κ2) is 7.61. The first-order valence-electron chi connectivity index (χ1n) is 10.3. The van der Waals surface area contributed by atoms with Crippen LogP contribution in [-0.2, 0) is 18.8 Å². The lowest BCUT2D eigenvalue weighted by molar-refractivity contribution is -0.137. The second-order valence-corrected chi connectivity index (χ2v) is 7.92. The van der Waals surface area contributed by atoms with Crippen molar-refractivity contribution in [3.05, 3.63) is 89.4 Å². The lowest BCUT2D eigenvalue weighted by atomic mass is 9.80.